The van der Waals surface area contributed by atoms with Crippen molar-refractivity contribution in [3.8, 4) is 5.75 Å². The van der Waals surface area contributed by atoms with E-state index in [1.807, 2.05) is 0 Å². The molecule has 164 valence electrons. The smallest absolute Gasteiger partial charge is 0.323 e. The first-order chi connectivity index (χ1) is 15.6. The number of carbonyl (C=O) groups is 2. The Morgan fingerprint density at radius 3 is 2.56 bits per heavy atom. The molecule has 0 unspecified atom stereocenters. The van der Waals surface area contributed by atoms with Crippen LogP contribution in [0.4, 0.5) is 15.0 Å². The first-order valence-electron chi connectivity index (χ1n) is 10.0. The van der Waals surface area contributed by atoms with Crippen molar-refractivity contribution in [3.63, 3.8) is 0 Å². The summed E-state index contributed by atoms with van der Waals surface area (Å²) in [5, 5.41) is 2.68. The number of anilines is 1. The summed E-state index contributed by atoms with van der Waals surface area (Å²) in [6, 6.07) is 9.06. The molecule has 0 bridgehead atoms. The van der Waals surface area contributed by atoms with Crippen LogP contribution in [0.25, 0.3) is 0 Å². The number of benzene rings is 1. The zero-order valence-electron chi connectivity index (χ0n) is 17.1. The molecule has 9 nitrogen and oxygen atoms in total. The Balaban J connectivity index is 1.31. The van der Waals surface area contributed by atoms with Crippen molar-refractivity contribution >= 4 is 17.8 Å². The molecule has 1 aromatic carbocycles. The largest absolute Gasteiger partial charge is 0.489 e. The molecule has 0 aliphatic carbocycles. The fourth-order valence-corrected chi connectivity index (χ4v) is 3.24. The molecule has 0 spiro atoms. The number of hydrogen-bond acceptors (Lipinski definition) is 6. The maximum Gasteiger partial charge on any atom is 0.323 e. The van der Waals surface area contributed by atoms with Crippen LogP contribution in [0.2, 0.25) is 0 Å². The molecule has 3 heterocycles. The summed E-state index contributed by atoms with van der Waals surface area (Å²) in [4.78, 5) is 40.6. The van der Waals surface area contributed by atoms with Gasteiger partial charge in [0.25, 0.3) is 5.91 Å². The number of aromatic nitrogens is 3. The van der Waals surface area contributed by atoms with Crippen LogP contribution in [0.1, 0.15) is 16.1 Å². The molecular formula is C22H21FN6O3. The molecule has 32 heavy (non-hydrogen) atoms. The predicted octanol–water partition coefficient (Wildman–Crippen LogP) is 2.58. The van der Waals surface area contributed by atoms with Crippen molar-refractivity contribution in [1.29, 1.82) is 0 Å². The van der Waals surface area contributed by atoms with Crippen LogP contribution in [0, 0.1) is 5.82 Å². The third kappa shape index (κ3) is 5.34. The molecule has 10 heteroatoms. The lowest BCUT2D eigenvalue weighted by Gasteiger charge is -2.34. The standard InChI is InChI=1S/C22H21FN6O3/c23-17-3-1-2-16(12-17)15-32-18-4-5-25-19(13-18)21(30)28-8-10-29(11-9-28)22(31)27-20-14-24-6-7-26-20/h1-7,12-14H,8-11,15H2,(H,26,27,31). The van der Waals surface area contributed by atoms with Gasteiger partial charge in [0.2, 0.25) is 0 Å². The number of nitrogens with zero attached hydrogens (tertiary/aromatic N) is 5. The van der Waals surface area contributed by atoms with Gasteiger partial charge in [0.15, 0.2) is 5.82 Å². The van der Waals surface area contributed by atoms with Crippen molar-refractivity contribution in [2.24, 2.45) is 0 Å². The lowest BCUT2D eigenvalue weighted by Crippen LogP contribution is -2.51. The molecule has 0 saturated carbocycles. The summed E-state index contributed by atoms with van der Waals surface area (Å²) in [7, 11) is 0. The summed E-state index contributed by atoms with van der Waals surface area (Å²) >= 11 is 0. The minimum absolute atomic E-state index is 0.176. The van der Waals surface area contributed by atoms with E-state index in [2.05, 4.69) is 20.3 Å². The van der Waals surface area contributed by atoms with E-state index in [0.29, 0.717) is 43.3 Å². The van der Waals surface area contributed by atoms with Crippen LogP contribution in [0.5, 0.6) is 5.75 Å². The van der Waals surface area contributed by atoms with Gasteiger partial charge in [-0.15, -0.1) is 0 Å². The highest BCUT2D eigenvalue weighted by Crippen LogP contribution is 2.16. The Labute approximate surface area is 183 Å². The third-order valence-electron chi connectivity index (χ3n) is 4.90. The van der Waals surface area contributed by atoms with Crippen molar-refractivity contribution in [2.75, 3.05) is 31.5 Å². The van der Waals surface area contributed by atoms with E-state index in [4.69, 9.17) is 4.74 Å². The number of pyridine rings is 1. The van der Waals surface area contributed by atoms with Crippen molar-refractivity contribution < 1.29 is 18.7 Å². The highest BCUT2D eigenvalue weighted by atomic mass is 19.1. The monoisotopic (exact) mass is 436 g/mol. The summed E-state index contributed by atoms with van der Waals surface area (Å²) in [5.41, 5.74) is 0.935. The van der Waals surface area contributed by atoms with Crippen LogP contribution in [-0.2, 0) is 6.61 Å². The Bertz CT molecular complexity index is 1090. The lowest BCUT2D eigenvalue weighted by atomic mass is 10.2. The quantitative estimate of drug-likeness (QED) is 0.660. The number of rotatable bonds is 5. The average molecular weight is 436 g/mol. The molecule has 0 radical (unpaired) electrons. The average Bonchev–Trinajstić information content (AvgIpc) is 2.83. The van der Waals surface area contributed by atoms with E-state index in [-0.39, 0.29) is 30.1 Å². The number of urea groups is 1. The van der Waals surface area contributed by atoms with Gasteiger partial charge in [-0.3, -0.25) is 20.1 Å². The second kappa shape index (κ2) is 9.82. The van der Waals surface area contributed by atoms with Crippen LogP contribution in [0.15, 0.2) is 61.2 Å². The Kier molecular flexibility index (Phi) is 6.49. The van der Waals surface area contributed by atoms with Gasteiger partial charge in [-0.05, 0) is 23.8 Å². The van der Waals surface area contributed by atoms with E-state index in [0.717, 1.165) is 0 Å². The first kappa shape index (κ1) is 21.2. The van der Waals surface area contributed by atoms with Gasteiger partial charge in [0.05, 0.1) is 6.20 Å². The van der Waals surface area contributed by atoms with Gasteiger partial charge in [0, 0.05) is 50.8 Å². The van der Waals surface area contributed by atoms with Gasteiger partial charge >= 0.3 is 6.03 Å². The molecule has 3 amide bonds. The van der Waals surface area contributed by atoms with Crippen molar-refractivity contribution in [2.45, 2.75) is 6.61 Å². The second-order valence-electron chi connectivity index (χ2n) is 7.10. The van der Waals surface area contributed by atoms with Crippen molar-refractivity contribution in [3.05, 3.63) is 78.3 Å². The number of piperazine rings is 1. The zero-order valence-corrected chi connectivity index (χ0v) is 17.1. The molecule has 1 aliphatic rings. The molecule has 3 aromatic rings. The lowest BCUT2D eigenvalue weighted by molar-refractivity contribution is 0.0665. The van der Waals surface area contributed by atoms with Gasteiger partial charge < -0.3 is 14.5 Å². The zero-order chi connectivity index (χ0) is 22.3. The van der Waals surface area contributed by atoms with Crippen LogP contribution < -0.4 is 10.1 Å². The molecule has 4 rings (SSSR count). The summed E-state index contributed by atoms with van der Waals surface area (Å²) in [6.45, 7) is 1.70. The first-order valence-corrected chi connectivity index (χ1v) is 10.0. The van der Waals surface area contributed by atoms with Gasteiger partial charge in [-0.25, -0.2) is 14.2 Å². The van der Waals surface area contributed by atoms with E-state index >= 15 is 0 Å². The number of nitrogens with one attached hydrogen (secondary N) is 1. The Hall–Kier alpha value is -4.08. The minimum atomic E-state index is -0.332. The molecule has 1 saturated heterocycles. The Morgan fingerprint density at radius 1 is 1.00 bits per heavy atom. The molecule has 1 fully saturated rings. The number of carbonyl (C=O) groups excluding carboxylic acids is 2. The maximum absolute atomic E-state index is 13.3. The van der Waals surface area contributed by atoms with E-state index < -0.39 is 0 Å². The van der Waals surface area contributed by atoms with Crippen LogP contribution >= 0.6 is 0 Å². The second-order valence-corrected chi connectivity index (χ2v) is 7.10. The van der Waals surface area contributed by atoms with Gasteiger partial charge in [0.1, 0.15) is 23.9 Å². The third-order valence-corrected chi connectivity index (χ3v) is 4.90. The molecule has 1 N–H and O–H groups in total. The highest BCUT2D eigenvalue weighted by molar-refractivity contribution is 5.93. The SMILES string of the molecule is O=C(Nc1cnccn1)N1CCN(C(=O)c2cc(OCc3cccc(F)c3)ccn2)CC1. The number of hydrogen-bond donors (Lipinski definition) is 1. The predicted molar refractivity (Wildman–Crippen MR) is 113 cm³/mol. The number of amides is 3. The van der Waals surface area contributed by atoms with Crippen LogP contribution in [-0.4, -0.2) is 62.9 Å². The van der Waals surface area contributed by atoms with Crippen molar-refractivity contribution in [1.82, 2.24) is 24.8 Å². The fraction of sp³-hybridized carbons (Fsp3) is 0.227. The molecule has 1 aliphatic heterocycles. The maximum atomic E-state index is 13.3. The van der Waals surface area contributed by atoms with Gasteiger partial charge in [-0.2, -0.15) is 0 Å². The number of halogens is 1. The Morgan fingerprint density at radius 2 is 1.81 bits per heavy atom. The normalized spacial score (nSPS) is 13.5. The van der Waals surface area contributed by atoms with Crippen LogP contribution in [0.3, 0.4) is 0 Å². The summed E-state index contributed by atoms with van der Waals surface area (Å²) in [6.07, 6.45) is 5.98. The number of ether oxygens (including phenoxy) is 1. The molecule has 2 aromatic heterocycles. The topological polar surface area (TPSA) is 101 Å². The fourth-order valence-electron chi connectivity index (χ4n) is 3.24. The minimum Gasteiger partial charge on any atom is -0.489 e. The van der Waals surface area contributed by atoms with E-state index in [1.165, 1.54) is 36.9 Å². The summed E-state index contributed by atoms with van der Waals surface area (Å²) < 4.78 is 19.0. The van der Waals surface area contributed by atoms with Gasteiger partial charge in [-0.1, -0.05) is 12.1 Å². The van der Waals surface area contributed by atoms with E-state index in [9.17, 15) is 14.0 Å². The molecule has 0 atom stereocenters. The highest BCUT2D eigenvalue weighted by Gasteiger charge is 2.26. The molecular weight excluding hydrogens is 415 g/mol. The van der Waals surface area contributed by atoms with E-state index in [1.54, 1.807) is 34.1 Å². The summed E-state index contributed by atoms with van der Waals surface area (Å²) in [5.74, 6) is 0.265.